The number of likely N-dealkylation sites (tertiary alicyclic amines) is 1. The number of piperidine rings is 1. The van der Waals surface area contributed by atoms with Crippen LogP contribution in [0.3, 0.4) is 0 Å². The zero-order valence-electron chi connectivity index (χ0n) is 15.1. The van der Waals surface area contributed by atoms with Gasteiger partial charge in [-0.05, 0) is 26.0 Å². The van der Waals surface area contributed by atoms with Gasteiger partial charge in [0.1, 0.15) is 11.4 Å². The normalized spacial score (nSPS) is 18.9. The van der Waals surface area contributed by atoms with E-state index in [1.807, 2.05) is 42.3 Å². The number of aromatic nitrogens is 1. The van der Waals surface area contributed by atoms with Gasteiger partial charge in [0, 0.05) is 36.9 Å². The molecular formula is C20H23N3O2S. The Morgan fingerprint density at radius 1 is 1.35 bits per heavy atom. The van der Waals surface area contributed by atoms with Gasteiger partial charge in [0.05, 0.1) is 16.7 Å². The largest absolute Gasteiger partial charge is 0.482 e. The Kier molecular flexibility index (Phi) is 4.44. The molecule has 2 amide bonds. The fourth-order valence-electron chi connectivity index (χ4n) is 3.49. The fraction of sp³-hybridized carbons (Fsp3) is 0.400. The number of urea groups is 1. The molecule has 1 aromatic heterocycles. The molecule has 4 rings (SSSR count). The first kappa shape index (κ1) is 17.1. The highest BCUT2D eigenvalue weighted by molar-refractivity contribution is 7.09. The van der Waals surface area contributed by atoms with Gasteiger partial charge < -0.3 is 15.0 Å². The van der Waals surface area contributed by atoms with E-state index in [0.717, 1.165) is 34.9 Å². The number of ether oxygens (including phenoxy) is 1. The average Bonchev–Trinajstić information content (AvgIpc) is 3.09. The third kappa shape index (κ3) is 3.33. The van der Waals surface area contributed by atoms with Crippen LogP contribution in [0.1, 0.15) is 42.1 Å². The molecule has 26 heavy (non-hydrogen) atoms. The number of nitrogens with one attached hydrogen (secondary N) is 1. The molecule has 0 bridgehead atoms. The molecule has 0 saturated carbocycles. The standard InChI is InChI=1S/C20H23N3O2S/c1-14(17-13-26-15(2)22-17)21-19(24)23-11-9-20(10-12-23)8-7-16-5-3-4-6-18(16)25-20/h3-8,13-14H,9-12H2,1-2H3,(H,21,24)/t14-/m0/s1. The van der Waals surface area contributed by atoms with E-state index < -0.39 is 0 Å². The van der Waals surface area contributed by atoms with Crippen molar-refractivity contribution in [2.75, 3.05) is 13.1 Å². The van der Waals surface area contributed by atoms with Gasteiger partial charge in [-0.2, -0.15) is 0 Å². The summed E-state index contributed by atoms with van der Waals surface area (Å²) in [6.45, 7) is 5.31. The summed E-state index contributed by atoms with van der Waals surface area (Å²) in [7, 11) is 0. The van der Waals surface area contributed by atoms with Gasteiger partial charge >= 0.3 is 6.03 Å². The van der Waals surface area contributed by atoms with E-state index in [0.29, 0.717) is 13.1 Å². The lowest BCUT2D eigenvalue weighted by atomic mass is 9.88. The van der Waals surface area contributed by atoms with E-state index in [1.54, 1.807) is 11.3 Å². The number of hydrogen-bond donors (Lipinski definition) is 1. The van der Waals surface area contributed by atoms with Gasteiger partial charge in [0.2, 0.25) is 0 Å². The molecule has 1 fully saturated rings. The van der Waals surface area contributed by atoms with E-state index in [4.69, 9.17) is 4.74 Å². The minimum absolute atomic E-state index is 0.0295. The number of hydrogen-bond acceptors (Lipinski definition) is 4. The second kappa shape index (κ2) is 6.76. The summed E-state index contributed by atoms with van der Waals surface area (Å²) in [6.07, 6.45) is 5.90. The van der Waals surface area contributed by atoms with Gasteiger partial charge in [-0.15, -0.1) is 11.3 Å². The molecule has 1 saturated heterocycles. The van der Waals surface area contributed by atoms with E-state index in [9.17, 15) is 4.79 Å². The van der Waals surface area contributed by atoms with Crippen molar-refractivity contribution in [2.24, 2.45) is 0 Å². The minimum Gasteiger partial charge on any atom is -0.482 e. The molecule has 0 radical (unpaired) electrons. The molecule has 1 spiro atoms. The van der Waals surface area contributed by atoms with Crippen LogP contribution in [0, 0.1) is 6.92 Å². The quantitative estimate of drug-likeness (QED) is 0.865. The summed E-state index contributed by atoms with van der Waals surface area (Å²) in [5.74, 6) is 0.931. The molecule has 6 heteroatoms. The highest BCUT2D eigenvalue weighted by atomic mass is 32.1. The van der Waals surface area contributed by atoms with Crippen LogP contribution >= 0.6 is 11.3 Å². The van der Waals surface area contributed by atoms with Crippen molar-refractivity contribution in [3.8, 4) is 5.75 Å². The Hall–Kier alpha value is -2.34. The van der Waals surface area contributed by atoms with Crippen molar-refractivity contribution in [1.82, 2.24) is 15.2 Å². The zero-order valence-corrected chi connectivity index (χ0v) is 15.9. The van der Waals surface area contributed by atoms with Crippen molar-refractivity contribution < 1.29 is 9.53 Å². The molecular weight excluding hydrogens is 346 g/mol. The smallest absolute Gasteiger partial charge is 0.317 e. The van der Waals surface area contributed by atoms with E-state index >= 15 is 0 Å². The summed E-state index contributed by atoms with van der Waals surface area (Å²) in [5.41, 5.74) is 1.75. The first-order chi connectivity index (χ1) is 12.5. The predicted octanol–water partition coefficient (Wildman–Crippen LogP) is 4.16. The number of carbonyl (C=O) groups excluding carboxylic acids is 1. The van der Waals surface area contributed by atoms with Gasteiger partial charge in [-0.3, -0.25) is 0 Å². The SMILES string of the molecule is Cc1nc([C@H](C)NC(=O)N2CCC3(C=Cc4ccccc4O3)CC2)cs1. The highest BCUT2D eigenvalue weighted by Crippen LogP contribution is 2.36. The van der Waals surface area contributed by atoms with Crippen LogP contribution in [0.25, 0.3) is 6.08 Å². The molecule has 2 aliphatic rings. The Labute approximate surface area is 157 Å². The molecule has 1 aromatic carbocycles. The van der Waals surface area contributed by atoms with E-state index in [1.165, 1.54) is 0 Å². The summed E-state index contributed by atoms with van der Waals surface area (Å²) < 4.78 is 6.29. The molecule has 1 atom stereocenters. The Balaban J connectivity index is 1.36. The number of benzene rings is 1. The number of aryl methyl sites for hydroxylation is 1. The Morgan fingerprint density at radius 3 is 2.85 bits per heavy atom. The maximum atomic E-state index is 12.6. The first-order valence-electron chi connectivity index (χ1n) is 8.99. The Morgan fingerprint density at radius 2 is 2.12 bits per heavy atom. The highest BCUT2D eigenvalue weighted by Gasteiger charge is 2.38. The predicted molar refractivity (Wildman–Crippen MR) is 103 cm³/mol. The van der Waals surface area contributed by atoms with Crippen molar-refractivity contribution in [3.63, 3.8) is 0 Å². The molecule has 136 valence electrons. The van der Waals surface area contributed by atoms with E-state index in [-0.39, 0.29) is 17.7 Å². The number of amides is 2. The zero-order chi connectivity index (χ0) is 18.1. The van der Waals surface area contributed by atoms with Crippen LogP contribution in [-0.4, -0.2) is 34.6 Å². The fourth-order valence-corrected chi connectivity index (χ4v) is 4.20. The molecule has 2 aliphatic heterocycles. The number of carbonyl (C=O) groups is 1. The van der Waals surface area contributed by atoms with Crippen LogP contribution in [-0.2, 0) is 0 Å². The monoisotopic (exact) mass is 369 g/mol. The third-order valence-electron chi connectivity index (χ3n) is 5.12. The van der Waals surface area contributed by atoms with Gasteiger partial charge in [-0.25, -0.2) is 9.78 Å². The minimum atomic E-state index is -0.289. The van der Waals surface area contributed by atoms with Crippen molar-refractivity contribution in [1.29, 1.82) is 0 Å². The van der Waals surface area contributed by atoms with Gasteiger partial charge in [0.15, 0.2) is 0 Å². The number of thiazole rings is 1. The lowest BCUT2D eigenvalue weighted by Gasteiger charge is -2.42. The van der Waals surface area contributed by atoms with E-state index in [2.05, 4.69) is 28.5 Å². The average molecular weight is 369 g/mol. The lowest BCUT2D eigenvalue weighted by Crippen LogP contribution is -2.52. The second-order valence-electron chi connectivity index (χ2n) is 6.99. The number of fused-ring (bicyclic) bond motifs is 1. The Bertz CT molecular complexity index is 837. The molecule has 0 unspecified atom stereocenters. The van der Waals surface area contributed by atoms with Gasteiger partial charge in [-0.1, -0.05) is 24.3 Å². The molecule has 1 N–H and O–H groups in total. The van der Waals surface area contributed by atoms with Crippen LogP contribution in [0.15, 0.2) is 35.7 Å². The van der Waals surface area contributed by atoms with Crippen molar-refractivity contribution >= 4 is 23.4 Å². The van der Waals surface area contributed by atoms with Crippen molar-refractivity contribution in [3.05, 3.63) is 52.0 Å². The molecule has 2 aromatic rings. The van der Waals surface area contributed by atoms with Crippen LogP contribution in [0.5, 0.6) is 5.75 Å². The topological polar surface area (TPSA) is 54.5 Å². The van der Waals surface area contributed by atoms with Crippen LogP contribution in [0.4, 0.5) is 4.79 Å². The molecule has 0 aliphatic carbocycles. The summed E-state index contributed by atoms with van der Waals surface area (Å²) in [4.78, 5) is 18.9. The maximum Gasteiger partial charge on any atom is 0.317 e. The second-order valence-corrected chi connectivity index (χ2v) is 8.05. The van der Waals surface area contributed by atoms with Crippen molar-refractivity contribution in [2.45, 2.75) is 38.3 Å². The maximum absolute atomic E-state index is 12.6. The first-order valence-corrected chi connectivity index (χ1v) is 9.87. The van der Waals surface area contributed by atoms with Crippen LogP contribution < -0.4 is 10.1 Å². The number of nitrogens with zero attached hydrogens (tertiary/aromatic N) is 2. The van der Waals surface area contributed by atoms with Crippen LogP contribution in [0.2, 0.25) is 0 Å². The van der Waals surface area contributed by atoms with Gasteiger partial charge in [0.25, 0.3) is 0 Å². The lowest BCUT2D eigenvalue weighted by molar-refractivity contribution is 0.0494. The number of rotatable bonds is 2. The third-order valence-corrected chi connectivity index (χ3v) is 5.91. The summed E-state index contributed by atoms with van der Waals surface area (Å²) in [5, 5.41) is 6.08. The summed E-state index contributed by atoms with van der Waals surface area (Å²) in [6, 6.07) is 7.97. The molecule has 3 heterocycles. The molecule has 5 nitrogen and oxygen atoms in total. The number of para-hydroxylation sites is 1. The summed E-state index contributed by atoms with van der Waals surface area (Å²) >= 11 is 1.60.